The fourth-order valence-electron chi connectivity index (χ4n) is 2.10. The molecule has 2 rings (SSSR count). The topological polar surface area (TPSA) is 12.0 Å². The maximum atomic E-state index is 3.54. The van der Waals surface area contributed by atoms with Gasteiger partial charge in [-0.05, 0) is 36.4 Å². The summed E-state index contributed by atoms with van der Waals surface area (Å²) in [4.78, 5) is 0. The lowest BCUT2D eigenvalue weighted by Gasteiger charge is -2.13. The Morgan fingerprint density at radius 3 is 2.86 bits per heavy atom. The van der Waals surface area contributed by atoms with Crippen molar-refractivity contribution in [1.29, 1.82) is 0 Å². The van der Waals surface area contributed by atoms with Crippen LogP contribution in [0.25, 0.3) is 0 Å². The molecule has 76 valence electrons. The highest BCUT2D eigenvalue weighted by molar-refractivity contribution is 5.28. The highest BCUT2D eigenvalue weighted by Gasteiger charge is 2.16. The van der Waals surface area contributed by atoms with Crippen molar-refractivity contribution in [3.8, 4) is 0 Å². The smallest absolute Gasteiger partial charge is 0.0320 e. The van der Waals surface area contributed by atoms with Gasteiger partial charge in [-0.3, -0.25) is 0 Å². The third-order valence-electron chi connectivity index (χ3n) is 3.04. The van der Waals surface area contributed by atoms with Crippen molar-refractivity contribution in [3.05, 3.63) is 35.4 Å². The van der Waals surface area contributed by atoms with Crippen LogP contribution in [0.5, 0.6) is 0 Å². The molecule has 0 saturated carbocycles. The van der Waals surface area contributed by atoms with Gasteiger partial charge >= 0.3 is 0 Å². The van der Waals surface area contributed by atoms with Gasteiger partial charge in [0.2, 0.25) is 0 Å². The number of nitrogens with one attached hydrogen (secondary N) is 1. The van der Waals surface area contributed by atoms with Gasteiger partial charge in [-0.25, -0.2) is 0 Å². The molecule has 1 heteroatoms. The minimum Gasteiger partial charge on any atom is -0.310 e. The zero-order valence-corrected chi connectivity index (χ0v) is 9.09. The first-order valence-corrected chi connectivity index (χ1v) is 5.60. The van der Waals surface area contributed by atoms with Crippen LogP contribution in [0.15, 0.2) is 24.3 Å². The zero-order chi connectivity index (χ0) is 9.97. The van der Waals surface area contributed by atoms with Crippen molar-refractivity contribution in [3.63, 3.8) is 0 Å². The summed E-state index contributed by atoms with van der Waals surface area (Å²) < 4.78 is 0. The fraction of sp³-hybridized carbons (Fsp3) is 0.538. The Balaban J connectivity index is 2.21. The van der Waals surface area contributed by atoms with Crippen molar-refractivity contribution in [2.75, 3.05) is 6.54 Å². The average molecular weight is 189 g/mol. The summed E-state index contributed by atoms with van der Waals surface area (Å²) in [6.45, 7) is 5.68. The van der Waals surface area contributed by atoms with E-state index in [2.05, 4.69) is 43.4 Å². The second kappa shape index (κ2) is 4.14. The van der Waals surface area contributed by atoms with Gasteiger partial charge in [0.25, 0.3) is 0 Å². The van der Waals surface area contributed by atoms with Crippen LogP contribution in [0.1, 0.15) is 49.8 Å². The molecule has 14 heavy (non-hydrogen) atoms. The van der Waals surface area contributed by atoms with Crippen LogP contribution in [0.2, 0.25) is 0 Å². The van der Waals surface area contributed by atoms with Gasteiger partial charge in [0.15, 0.2) is 0 Å². The number of hydrogen-bond donors (Lipinski definition) is 1. The Kier molecular flexibility index (Phi) is 2.87. The van der Waals surface area contributed by atoms with Crippen molar-refractivity contribution in [2.24, 2.45) is 0 Å². The number of benzene rings is 1. The monoisotopic (exact) mass is 189 g/mol. The van der Waals surface area contributed by atoms with Gasteiger partial charge in [-0.15, -0.1) is 0 Å². The SMILES string of the molecule is CC(C)c1cccc(C2CCCN2)c1. The molecule has 1 fully saturated rings. The molecular weight excluding hydrogens is 170 g/mol. The summed E-state index contributed by atoms with van der Waals surface area (Å²) in [5.74, 6) is 0.636. The fourth-order valence-corrected chi connectivity index (χ4v) is 2.10. The van der Waals surface area contributed by atoms with Crippen LogP contribution in [-0.4, -0.2) is 6.54 Å². The Labute approximate surface area is 86.5 Å². The van der Waals surface area contributed by atoms with Crippen LogP contribution in [0, 0.1) is 0 Å². The molecule has 0 spiro atoms. The molecule has 0 bridgehead atoms. The van der Waals surface area contributed by atoms with Crippen molar-refractivity contribution in [1.82, 2.24) is 5.32 Å². The summed E-state index contributed by atoms with van der Waals surface area (Å²) in [5, 5.41) is 3.54. The molecule has 1 atom stereocenters. The quantitative estimate of drug-likeness (QED) is 0.753. The lowest BCUT2D eigenvalue weighted by molar-refractivity contribution is 0.646. The third kappa shape index (κ3) is 1.98. The molecular formula is C13H19N. The molecule has 1 unspecified atom stereocenters. The predicted molar refractivity (Wildman–Crippen MR) is 60.5 cm³/mol. The van der Waals surface area contributed by atoms with E-state index in [9.17, 15) is 0 Å². The summed E-state index contributed by atoms with van der Waals surface area (Å²) in [6, 6.07) is 9.62. The Bertz CT molecular complexity index is 298. The lowest BCUT2D eigenvalue weighted by atomic mass is 9.97. The second-order valence-electron chi connectivity index (χ2n) is 4.47. The van der Waals surface area contributed by atoms with E-state index in [1.165, 1.54) is 30.5 Å². The van der Waals surface area contributed by atoms with Gasteiger partial charge in [-0.1, -0.05) is 38.1 Å². The maximum absolute atomic E-state index is 3.54. The highest BCUT2D eigenvalue weighted by atomic mass is 14.9. The molecule has 1 aliphatic heterocycles. The average Bonchev–Trinajstić information content (AvgIpc) is 2.71. The molecule has 1 aromatic rings. The molecule has 1 nitrogen and oxygen atoms in total. The normalized spacial score (nSPS) is 21.8. The Morgan fingerprint density at radius 1 is 1.36 bits per heavy atom. The summed E-state index contributed by atoms with van der Waals surface area (Å²) in [5.41, 5.74) is 2.92. The standard InChI is InChI=1S/C13H19N/c1-10(2)11-5-3-6-12(9-11)13-7-4-8-14-13/h3,5-6,9-10,13-14H,4,7-8H2,1-2H3. The second-order valence-corrected chi connectivity index (χ2v) is 4.47. The van der Waals surface area contributed by atoms with Gasteiger partial charge in [0, 0.05) is 6.04 Å². The van der Waals surface area contributed by atoms with E-state index >= 15 is 0 Å². The zero-order valence-electron chi connectivity index (χ0n) is 9.09. The first-order chi connectivity index (χ1) is 6.77. The molecule has 1 N–H and O–H groups in total. The van der Waals surface area contributed by atoms with Gasteiger partial charge in [-0.2, -0.15) is 0 Å². The molecule has 1 aliphatic rings. The summed E-state index contributed by atoms with van der Waals surface area (Å²) in [7, 11) is 0. The van der Waals surface area contributed by atoms with E-state index in [0.717, 1.165) is 0 Å². The van der Waals surface area contributed by atoms with Gasteiger partial charge < -0.3 is 5.32 Å². The molecule has 1 saturated heterocycles. The van der Waals surface area contributed by atoms with Crippen molar-refractivity contribution < 1.29 is 0 Å². The van der Waals surface area contributed by atoms with Gasteiger partial charge in [0.1, 0.15) is 0 Å². The molecule has 1 aromatic carbocycles. The van der Waals surface area contributed by atoms with Crippen LogP contribution in [0.3, 0.4) is 0 Å². The minimum absolute atomic E-state index is 0.605. The van der Waals surface area contributed by atoms with Crippen molar-refractivity contribution >= 4 is 0 Å². The highest BCUT2D eigenvalue weighted by Crippen LogP contribution is 2.25. The maximum Gasteiger partial charge on any atom is 0.0320 e. The van der Waals surface area contributed by atoms with Crippen LogP contribution in [-0.2, 0) is 0 Å². The first kappa shape index (κ1) is 9.72. The molecule has 0 aliphatic carbocycles. The van der Waals surface area contributed by atoms with Gasteiger partial charge in [0.05, 0.1) is 0 Å². The Morgan fingerprint density at radius 2 is 2.21 bits per heavy atom. The number of hydrogen-bond acceptors (Lipinski definition) is 1. The Hall–Kier alpha value is -0.820. The van der Waals surface area contributed by atoms with E-state index in [1.807, 2.05) is 0 Å². The van der Waals surface area contributed by atoms with E-state index in [1.54, 1.807) is 0 Å². The molecule has 1 heterocycles. The largest absolute Gasteiger partial charge is 0.310 e. The van der Waals surface area contributed by atoms with E-state index in [0.29, 0.717) is 12.0 Å². The number of rotatable bonds is 2. The van der Waals surface area contributed by atoms with Crippen LogP contribution in [0.4, 0.5) is 0 Å². The van der Waals surface area contributed by atoms with Crippen LogP contribution < -0.4 is 5.32 Å². The summed E-state index contributed by atoms with van der Waals surface area (Å²) >= 11 is 0. The van der Waals surface area contributed by atoms with E-state index in [-0.39, 0.29) is 0 Å². The van der Waals surface area contributed by atoms with Crippen molar-refractivity contribution in [2.45, 2.75) is 38.6 Å². The first-order valence-electron chi connectivity index (χ1n) is 5.60. The molecule has 0 radical (unpaired) electrons. The lowest BCUT2D eigenvalue weighted by Crippen LogP contribution is -2.12. The van der Waals surface area contributed by atoms with E-state index in [4.69, 9.17) is 0 Å². The third-order valence-corrected chi connectivity index (χ3v) is 3.04. The van der Waals surface area contributed by atoms with E-state index < -0.39 is 0 Å². The van der Waals surface area contributed by atoms with Crippen LogP contribution >= 0.6 is 0 Å². The minimum atomic E-state index is 0.605. The molecule has 0 aromatic heterocycles. The predicted octanol–water partition coefficient (Wildman–Crippen LogP) is 3.23. The summed E-state index contributed by atoms with van der Waals surface area (Å²) in [6.07, 6.45) is 2.61. The molecule has 0 amide bonds.